The standard InChI is InChI=1S/C17H19N3.C4H4O4/c1-3-14(2)20(16-8-11-18-12-9-16)19-13-10-15-6-4-5-7-17(15)19;5-3(6)1-2-4(7)8/h4-14H,3H2,1-2H3;1-2H,(H,5,6)(H,7,8). The third-order valence-corrected chi connectivity index (χ3v) is 4.12. The minimum Gasteiger partial charge on any atom is -0.478 e. The van der Waals surface area contributed by atoms with Crippen LogP contribution in [-0.2, 0) is 9.59 Å². The average Bonchev–Trinajstić information content (AvgIpc) is 3.12. The molecule has 7 heteroatoms. The second-order valence-electron chi connectivity index (χ2n) is 6.04. The van der Waals surface area contributed by atoms with Crippen molar-refractivity contribution >= 4 is 28.5 Å². The van der Waals surface area contributed by atoms with Crippen molar-refractivity contribution in [3.8, 4) is 0 Å². The molecule has 28 heavy (non-hydrogen) atoms. The number of para-hydroxylation sites is 1. The fourth-order valence-corrected chi connectivity index (χ4v) is 2.66. The van der Waals surface area contributed by atoms with Crippen LogP contribution < -0.4 is 5.01 Å². The van der Waals surface area contributed by atoms with Crippen molar-refractivity contribution < 1.29 is 19.8 Å². The topological polar surface area (TPSA) is 95.7 Å². The normalized spacial score (nSPS) is 11.6. The van der Waals surface area contributed by atoms with Crippen LogP contribution in [0.1, 0.15) is 20.3 Å². The predicted molar refractivity (Wildman–Crippen MR) is 108 cm³/mol. The molecule has 2 N–H and O–H groups in total. The number of carboxylic acid groups (broad SMARTS) is 2. The first kappa shape index (κ1) is 20.7. The summed E-state index contributed by atoms with van der Waals surface area (Å²) in [6.45, 7) is 4.46. The van der Waals surface area contributed by atoms with Gasteiger partial charge in [-0.25, -0.2) is 9.59 Å². The fraction of sp³-hybridized carbons (Fsp3) is 0.190. The summed E-state index contributed by atoms with van der Waals surface area (Å²) in [4.78, 5) is 23.2. The molecule has 146 valence electrons. The van der Waals surface area contributed by atoms with E-state index in [9.17, 15) is 9.59 Å². The number of hydrogen-bond donors (Lipinski definition) is 2. The van der Waals surface area contributed by atoms with Crippen LogP contribution in [-0.4, -0.2) is 37.9 Å². The molecule has 2 heterocycles. The molecular formula is C21H23N3O4. The van der Waals surface area contributed by atoms with E-state index < -0.39 is 11.9 Å². The van der Waals surface area contributed by atoms with Gasteiger partial charge in [-0.3, -0.25) is 14.7 Å². The Morgan fingerprint density at radius 3 is 2.25 bits per heavy atom. The van der Waals surface area contributed by atoms with Crippen LogP contribution in [0.25, 0.3) is 10.9 Å². The summed E-state index contributed by atoms with van der Waals surface area (Å²) in [5.41, 5.74) is 2.39. The van der Waals surface area contributed by atoms with Crippen molar-refractivity contribution in [2.24, 2.45) is 0 Å². The Kier molecular flexibility index (Phi) is 7.33. The molecule has 7 nitrogen and oxygen atoms in total. The van der Waals surface area contributed by atoms with Gasteiger partial charge in [0.15, 0.2) is 0 Å². The lowest BCUT2D eigenvalue weighted by atomic mass is 10.2. The van der Waals surface area contributed by atoms with Gasteiger partial charge in [-0.05, 0) is 37.6 Å². The Labute approximate surface area is 163 Å². The largest absolute Gasteiger partial charge is 0.478 e. The molecule has 0 bridgehead atoms. The smallest absolute Gasteiger partial charge is 0.328 e. The van der Waals surface area contributed by atoms with E-state index in [1.807, 2.05) is 12.4 Å². The van der Waals surface area contributed by atoms with Crippen LogP contribution in [0.3, 0.4) is 0 Å². The third kappa shape index (κ3) is 5.44. The van der Waals surface area contributed by atoms with Gasteiger partial charge >= 0.3 is 11.9 Å². The van der Waals surface area contributed by atoms with Crippen LogP contribution in [0.2, 0.25) is 0 Å². The summed E-state index contributed by atoms with van der Waals surface area (Å²) in [5.74, 6) is -2.51. The summed E-state index contributed by atoms with van der Waals surface area (Å²) in [6.07, 6.45) is 8.02. The minimum absolute atomic E-state index is 0.410. The van der Waals surface area contributed by atoms with Gasteiger partial charge in [-0.15, -0.1) is 0 Å². The first-order chi connectivity index (χ1) is 13.4. The fourth-order valence-electron chi connectivity index (χ4n) is 2.66. The number of hydrogen-bond acceptors (Lipinski definition) is 4. The van der Waals surface area contributed by atoms with E-state index in [0.717, 1.165) is 12.1 Å². The highest BCUT2D eigenvalue weighted by molar-refractivity contribution is 5.89. The van der Waals surface area contributed by atoms with Crippen molar-refractivity contribution in [2.75, 3.05) is 5.01 Å². The maximum absolute atomic E-state index is 9.55. The van der Waals surface area contributed by atoms with Gasteiger partial charge in [-0.2, -0.15) is 0 Å². The third-order valence-electron chi connectivity index (χ3n) is 4.12. The summed E-state index contributed by atoms with van der Waals surface area (Å²) in [7, 11) is 0. The molecule has 0 aliphatic heterocycles. The lowest BCUT2D eigenvalue weighted by Gasteiger charge is -2.32. The summed E-state index contributed by atoms with van der Waals surface area (Å²) >= 11 is 0. The Bertz CT molecular complexity index is 934. The molecule has 0 aliphatic rings. The first-order valence-corrected chi connectivity index (χ1v) is 8.83. The van der Waals surface area contributed by atoms with E-state index in [1.165, 1.54) is 10.9 Å². The van der Waals surface area contributed by atoms with Crippen LogP contribution in [0.15, 0.2) is 73.2 Å². The highest BCUT2D eigenvalue weighted by Crippen LogP contribution is 2.24. The molecule has 0 spiro atoms. The maximum atomic E-state index is 9.55. The molecule has 0 fully saturated rings. The van der Waals surface area contributed by atoms with Crippen molar-refractivity contribution in [3.63, 3.8) is 0 Å². The van der Waals surface area contributed by atoms with Gasteiger partial charge in [0.2, 0.25) is 0 Å². The number of carboxylic acids is 2. The molecule has 2 aromatic heterocycles. The highest BCUT2D eigenvalue weighted by Gasteiger charge is 2.16. The highest BCUT2D eigenvalue weighted by atomic mass is 16.4. The molecule has 0 saturated heterocycles. The van der Waals surface area contributed by atoms with Crippen molar-refractivity contribution in [2.45, 2.75) is 26.3 Å². The van der Waals surface area contributed by atoms with Crippen molar-refractivity contribution in [1.29, 1.82) is 0 Å². The van der Waals surface area contributed by atoms with E-state index in [2.05, 4.69) is 77.2 Å². The number of aromatic nitrogens is 2. The number of nitrogens with zero attached hydrogens (tertiary/aromatic N) is 3. The Morgan fingerprint density at radius 2 is 1.68 bits per heavy atom. The Morgan fingerprint density at radius 1 is 1.07 bits per heavy atom. The molecule has 0 amide bonds. The Balaban J connectivity index is 0.000000300. The summed E-state index contributed by atoms with van der Waals surface area (Å²) in [5, 5.41) is 19.2. The number of rotatable bonds is 6. The van der Waals surface area contributed by atoms with E-state index in [4.69, 9.17) is 10.2 Å². The monoisotopic (exact) mass is 381 g/mol. The molecular weight excluding hydrogens is 358 g/mol. The van der Waals surface area contributed by atoms with E-state index in [1.54, 1.807) is 0 Å². The predicted octanol–water partition coefficient (Wildman–Crippen LogP) is 3.82. The molecule has 3 rings (SSSR count). The summed E-state index contributed by atoms with van der Waals surface area (Å²) < 4.78 is 2.23. The molecule has 0 saturated carbocycles. The molecule has 0 aliphatic carbocycles. The van der Waals surface area contributed by atoms with Gasteiger partial charge in [0, 0.05) is 42.2 Å². The van der Waals surface area contributed by atoms with Gasteiger partial charge in [-0.1, -0.05) is 25.1 Å². The molecule has 1 unspecified atom stereocenters. The van der Waals surface area contributed by atoms with Gasteiger partial charge in [0.1, 0.15) is 0 Å². The second kappa shape index (κ2) is 9.91. The SMILES string of the molecule is CCC(C)N(c1ccncc1)n1ccc2ccccc21.O=C(O)C=CC(=O)O. The van der Waals surface area contributed by atoms with E-state index in [-0.39, 0.29) is 0 Å². The van der Waals surface area contributed by atoms with Crippen molar-refractivity contribution in [1.82, 2.24) is 9.66 Å². The zero-order chi connectivity index (χ0) is 20.5. The molecule has 1 atom stereocenters. The number of benzene rings is 1. The van der Waals surface area contributed by atoms with E-state index >= 15 is 0 Å². The average molecular weight is 381 g/mol. The number of fused-ring (bicyclic) bond motifs is 1. The number of anilines is 1. The number of aliphatic carboxylic acids is 2. The second-order valence-corrected chi connectivity index (χ2v) is 6.04. The zero-order valence-corrected chi connectivity index (χ0v) is 15.8. The Hall–Kier alpha value is -3.61. The lowest BCUT2D eigenvalue weighted by Crippen LogP contribution is -2.36. The van der Waals surface area contributed by atoms with Crippen LogP contribution in [0.5, 0.6) is 0 Å². The zero-order valence-electron chi connectivity index (χ0n) is 15.8. The lowest BCUT2D eigenvalue weighted by molar-refractivity contribution is -0.134. The molecule has 3 aromatic rings. The maximum Gasteiger partial charge on any atom is 0.328 e. The van der Waals surface area contributed by atoms with E-state index in [0.29, 0.717) is 18.2 Å². The van der Waals surface area contributed by atoms with Gasteiger partial charge in [0.25, 0.3) is 0 Å². The first-order valence-electron chi connectivity index (χ1n) is 8.83. The van der Waals surface area contributed by atoms with Crippen LogP contribution in [0, 0.1) is 0 Å². The molecule has 1 aromatic carbocycles. The van der Waals surface area contributed by atoms with Crippen LogP contribution >= 0.6 is 0 Å². The summed E-state index contributed by atoms with van der Waals surface area (Å²) in [6, 6.07) is 15.1. The molecule has 0 radical (unpaired) electrons. The number of carbonyl (C=O) groups is 2. The van der Waals surface area contributed by atoms with Crippen LogP contribution in [0.4, 0.5) is 5.69 Å². The minimum atomic E-state index is -1.26. The van der Waals surface area contributed by atoms with Gasteiger partial charge < -0.3 is 10.2 Å². The van der Waals surface area contributed by atoms with Gasteiger partial charge in [0.05, 0.1) is 11.2 Å². The number of pyridine rings is 1. The quantitative estimate of drug-likeness (QED) is 0.630. The van der Waals surface area contributed by atoms with Crippen molar-refractivity contribution in [3.05, 3.63) is 73.2 Å².